The van der Waals surface area contributed by atoms with E-state index >= 15 is 0 Å². The number of aromatic nitrogens is 3. The van der Waals surface area contributed by atoms with Gasteiger partial charge in [-0.15, -0.1) is 0 Å². The Labute approximate surface area is 318 Å². The summed E-state index contributed by atoms with van der Waals surface area (Å²) in [6, 6.07) is 8.33. The minimum absolute atomic E-state index is 0.0278. The van der Waals surface area contributed by atoms with Gasteiger partial charge in [0.25, 0.3) is 17.7 Å². The molecular formula is C40H46N8O7. The number of rotatable bonds is 15. The normalized spacial score (nSPS) is 14.7. The zero-order valence-electron chi connectivity index (χ0n) is 31.5. The second-order valence-electron chi connectivity index (χ2n) is 14.0. The molecule has 2 aliphatic rings. The van der Waals surface area contributed by atoms with Crippen LogP contribution in [0.15, 0.2) is 66.1 Å². The van der Waals surface area contributed by atoms with Gasteiger partial charge in [-0.3, -0.25) is 29.0 Å². The Kier molecular flexibility index (Phi) is 11.5. The largest absolute Gasteiger partial charge is 0.493 e. The molecule has 1 fully saturated rings. The van der Waals surface area contributed by atoms with Crippen LogP contribution in [0.1, 0.15) is 78.6 Å². The van der Waals surface area contributed by atoms with E-state index in [1.165, 1.54) is 0 Å². The average molecular weight is 751 g/mol. The van der Waals surface area contributed by atoms with E-state index in [0.717, 1.165) is 11.1 Å². The highest BCUT2D eigenvalue weighted by Gasteiger charge is 2.34. The summed E-state index contributed by atoms with van der Waals surface area (Å²) in [6.45, 7) is 7.01. The van der Waals surface area contributed by atoms with Gasteiger partial charge in [0.2, 0.25) is 5.91 Å². The zero-order chi connectivity index (χ0) is 39.4. The summed E-state index contributed by atoms with van der Waals surface area (Å²) in [6.07, 6.45) is 8.63. The molecule has 55 heavy (non-hydrogen) atoms. The highest BCUT2D eigenvalue weighted by Crippen LogP contribution is 2.34. The molecule has 15 heteroatoms. The molecule has 4 N–H and O–H groups in total. The number of ketones is 1. The van der Waals surface area contributed by atoms with Crippen LogP contribution in [0.5, 0.6) is 5.75 Å². The first kappa shape index (κ1) is 38.5. The maximum absolute atomic E-state index is 13.3. The molecule has 1 aromatic carbocycles. The van der Waals surface area contributed by atoms with Gasteiger partial charge in [0.05, 0.1) is 41.0 Å². The van der Waals surface area contributed by atoms with E-state index in [9.17, 15) is 24.0 Å². The zero-order valence-corrected chi connectivity index (χ0v) is 31.5. The average Bonchev–Trinajstić information content (AvgIpc) is 3.89. The second kappa shape index (κ2) is 16.4. The van der Waals surface area contributed by atoms with Crippen molar-refractivity contribution in [3.63, 3.8) is 0 Å². The Hall–Kier alpha value is -6.22. The minimum atomic E-state index is -0.403. The van der Waals surface area contributed by atoms with Gasteiger partial charge in [-0.1, -0.05) is 12.2 Å². The first-order valence-corrected chi connectivity index (χ1v) is 18.1. The lowest BCUT2D eigenvalue weighted by molar-refractivity contribution is -0.116. The summed E-state index contributed by atoms with van der Waals surface area (Å²) in [4.78, 5) is 71.2. The van der Waals surface area contributed by atoms with Gasteiger partial charge in [0, 0.05) is 84.6 Å². The molecule has 1 atom stereocenters. The minimum Gasteiger partial charge on any atom is -0.493 e. The molecular weight excluding hydrogens is 704 g/mol. The summed E-state index contributed by atoms with van der Waals surface area (Å²) >= 11 is 0. The van der Waals surface area contributed by atoms with Gasteiger partial charge in [-0.2, -0.15) is 0 Å². The Morgan fingerprint density at radius 3 is 2.36 bits per heavy atom. The third-order valence-electron chi connectivity index (χ3n) is 9.62. The smallest absolute Gasteiger partial charge is 0.272 e. The lowest BCUT2D eigenvalue weighted by atomic mass is 10.1. The Morgan fingerprint density at radius 1 is 0.909 bits per heavy atom. The van der Waals surface area contributed by atoms with Gasteiger partial charge < -0.3 is 44.4 Å². The maximum Gasteiger partial charge on any atom is 0.272 e. The summed E-state index contributed by atoms with van der Waals surface area (Å²) in [7, 11) is 5.13. The lowest BCUT2D eigenvalue weighted by Gasteiger charge is -2.20. The van der Waals surface area contributed by atoms with Gasteiger partial charge >= 0.3 is 0 Å². The molecule has 288 valence electrons. The number of amides is 4. The molecule has 0 saturated carbocycles. The summed E-state index contributed by atoms with van der Waals surface area (Å²) in [5.74, 6) is -0.601. The number of aliphatic hydroxyl groups excluding tert-OH is 1. The number of hydrogen-bond donors (Lipinski definition) is 4. The Balaban J connectivity index is 0.983. The van der Waals surface area contributed by atoms with Crippen molar-refractivity contribution in [3.8, 4) is 5.75 Å². The van der Waals surface area contributed by atoms with E-state index in [1.807, 2.05) is 6.92 Å². The fourth-order valence-electron chi connectivity index (χ4n) is 6.82. The topological polar surface area (TPSA) is 181 Å². The summed E-state index contributed by atoms with van der Waals surface area (Å²) < 4.78 is 10.9. The molecule has 2 aliphatic heterocycles. The third kappa shape index (κ3) is 8.78. The molecule has 6 rings (SSSR count). The molecule has 15 nitrogen and oxygen atoms in total. The van der Waals surface area contributed by atoms with Crippen LogP contribution in [-0.4, -0.2) is 91.7 Å². The third-order valence-corrected chi connectivity index (χ3v) is 9.62. The van der Waals surface area contributed by atoms with Crippen molar-refractivity contribution >= 4 is 52.7 Å². The number of hydrogen-bond acceptors (Lipinski definition) is 8. The van der Waals surface area contributed by atoms with Crippen molar-refractivity contribution in [3.05, 3.63) is 94.8 Å². The van der Waals surface area contributed by atoms with E-state index in [-0.39, 0.29) is 55.6 Å². The highest BCUT2D eigenvalue weighted by atomic mass is 16.5. The molecule has 0 spiro atoms. The number of aliphatic hydroxyl groups is 1. The molecule has 3 aromatic heterocycles. The van der Waals surface area contributed by atoms with E-state index in [0.29, 0.717) is 83.4 Å². The number of aryl methyl sites for hydroxylation is 4. The van der Waals surface area contributed by atoms with Crippen LogP contribution >= 0.6 is 0 Å². The number of ether oxygens (including phenoxy) is 1. The SMILES string of the molecule is C=C1C[C@H]2C=Nc3cc(OCCCC(=O)Nc4cc(C(=O)Cc5cc(C(=O)Nc6cc(C(=O)NCCCO)n(C)c6)n(C)c5)n(C)c4)c(C)cc3C(=O)N2C1. The predicted octanol–water partition coefficient (Wildman–Crippen LogP) is 4.08. The number of carbonyl (C=O) groups is 5. The van der Waals surface area contributed by atoms with Crippen LogP contribution in [-0.2, 0) is 32.4 Å². The monoisotopic (exact) mass is 750 g/mol. The van der Waals surface area contributed by atoms with E-state index in [4.69, 9.17) is 9.84 Å². The molecule has 1 saturated heterocycles. The quantitative estimate of drug-likeness (QED) is 0.0803. The highest BCUT2D eigenvalue weighted by molar-refractivity contribution is 6.05. The molecule has 0 aliphatic carbocycles. The van der Waals surface area contributed by atoms with Crippen molar-refractivity contribution in [2.45, 2.75) is 45.1 Å². The molecule has 0 radical (unpaired) electrons. The fourth-order valence-corrected chi connectivity index (χ4v) is 6.82. The predicted molar refractivity (Wildman–Crippen MR) is 208 cm³/mol. The number of fused-ring (bicyclic) bond motifs is 2. The van der Waals surface area contributed by atoms with Crippen molar-refractivity contribution in [1.29, 1.82) is 0 Å². The molecule has 4 aromatic rings. The number of carbonyl (C=O) groups excluding carboxylic acids is 5. The van der Waals surface area contributed by atoms with Crippen molar-refractivity contribution in [1.82, 2.24) is 23.9 Å². The number of anilines is 2. The van der Waals surface area contributed by atoms with Crippen molar-refractivity contribution in [2.24, 2.45) is 26.1 Å². The van der Waals surface area contributed by atoms with Crippen LogP contribution in [0.3, 0.4) is 0 Å². The Morgan fingerprint density at radius 2 is 1.60 bits per heavy atom. The van der Waals surface area contributed by atoms with Crippen LogP contribution in [0.25, 0.3) is 0 Å². The molecule has 4 amide bonds. The Bertz CT molecular complexity index is 2210. The fraction of sp³-hybridized carbons (Fsp3) is 0.350. The number of nitrogens with zero attached hydrogens (tertiary/aromatic N) is 5. The first-order chi connectivity index (χ1) is 26.3. The van der Waals surface area contributed by atoms with Gasteiger partial charge in [-0.05, 0) is 61.6 Å². The number of Topliss-reactive ketones (excluding diaryl/α,β-unsaturated/α-hetero) is 1. The molecule has 5 heterocycles. The summed E-state index contributed by atoms with van der Waals surface area (Å²) in [5.41, 5.74) is 5.56. The van der Waals surface area contributed by atoms with E-state index in [1.54, 1.807) is 94.9 Å². The lowest BCUT2D eigenvalue weighted by Crippen LogP contribution is -2.35. The molecule has 0 bridgehead atoms. The van der Waals surface area contributed by atoms with Crippen LogP contribution in [0.4, 0.5) is 17.1 Å². The number of benzene rings is 1. The first-order valence-electron chi connectivity index (χ1n) is 18.1. The van der Waals surface area contributed by atoms with Crippen LogP contribution in [0, 0.1) is 6.92 Å². The number of aliphatic imine (C=N–C) groups is 1. The summed E-state index contributed by atoms with van der Waals surface area (Å²) in [5, 5.41) is 17.3. The molecule has 0 unspecified atom stereocenters. The van der Waals surface area contributed by atoms with Gasteiger partial charge in [0.1, 0.15) is 17.1 Å². The standard InChI is InChI=1S/C40H46N8O7/c1-24-12-29-19-42-31-18-36(25(2)13-30(31)40(54)48(29)20-24)55-11-6-8-37(51)43-27-16-32(46(4)22-27)35(50)15-26-14-33(45(3)21-26)39(53)44-28-17-34(47(5)23-28)38(52)41-9-7-10-49/h13-14,16-19,21-23,29,49H,1,6-12,15,20H2,2-5H3,(H,41,52)(H,43,51)(H,44,53)/t29-/m0/s1. The number of nitrogens with one attached hydrogen (secondary N) is 3. The second-order valence-corrected chi connectivity index (χ2v) is 14.0. The van der Waals surface area contributed by atoms with Crippen molar-refractivity contribution in [2.75, 3.05) is 36.9 Å². The van der Waals surface area contributed by atoms with Crippen LogP contribution in [0.2, 0.25) is 0 Å². The van der Waals surface area contributed by atoms with Crippen LogP contribution < -0.4 is 20.7 Å². The maximum atomic E-state index is 13.3. The van der Waals surface area contributed by atoms with E-state index < -0.39 is 5.91 Å². The van der Waals surface area contributed by atoms with E-state index in [2.05, 4.69) is 27.5 Å². The van der Waals surface area contributed by atoms with Crippen molar-refractivity contribution < 1.29 is 33.8 Å². The van der Waals surface area contributed by atoms with Gasteiger partial charge in [0.15, 0.2) is 5.78 Å². The van der Waals surface area contributed by atoms with Gasteiger partial charge in [-0.25, -0.2) is 0 Å².